The summed E-state index contributed by atoms with van der Waals surface area (Å²) in [6.07, 6.45) is 71.5. The van der Waals surface area contributed by atoms with Crippen molar-refractivity contribution < 1.29 is 80.2 Å². The van der Waals surface area contributed by atoms with E-state index < -0.39 is 97.5 Å². The molecule has 0 radical (unpaired) electrons. The fraction of sp³-hybridized carbons (Fsp3) is 0.905. The third kappa shape index (κ3) is 77.5. The minimum absolute atomic E-state index is 0.102. The van der Waals surface area contributed by atoms with E-state index in [1.54, 1.807) is 0 Å². The lowest BCUT2D eigenvalue weighted by Crippen LogP contribution is -2.30. The lowest BCUT2D eigenvalue weighted by Gasteiger charge is -2.21. The number of rotatable bonds is 82. The van der Waals surface area contributed by atoms with E-state index in [-0.39, 0.29) is 25.7 Å². The molecule has 0 aliphatic rings. The summed E-state index contributed by atoms with van der Waals surface area (Å²) in [5, 5.41) is 10.7. The first-order valence-electron chi connectivity index (χ1n) is 43.0. The quantitative estimate of drug-likeness (QED) is 0.0169. The average Bonchev–Trinajstić information content (AvgIpc) is 0.920. The molecule has 0 amide bonds. The van der Waals surface area contributed by atoms with Crippen molar-refractivity contribution in [2.75, 3.05) is 39.6 Å². The number of unbranched alkanes of at least 4 members (excludes halogenated alkanes) is 51. The zero-order valence-corrected chi connectivity index (χ0v) is 68.7. The first-order chi connectivity index (χ1) is 50.0. The van der Waals surface area contributed by atoms with Crippen LogP contribution in [0, 0.1) is 5.92 Å². The molecule has 0 aliphatic heterocycles. The number of aliphatic hydroxyl groups excluding tert-OH is 1. The van der Waals surface area contributed by atoms with Crippen LogP contribution < -0.4 is 0 Å². The number of esters is 4. The van der Waals surface area contributed by atoms with Crippen LogP contribution in [0.15, 0.2) is 24.3 Å². The molecular formula is C84H160O17P2. The molecule has 19 heteroatoms. The Hall–Kier alpha value is -2.46. The summed E-state index contributed by atoms with van der Waals surface area (Å²) in [6.45, 7) is 7.30. The van der Waals surface area contributed by atoms with Gasteiger partial charge in [0, 0.05) is 25.7 Å². The molecule has 0 heterocycles. The van der Waals surface area contributed by atoms with Gasteiger partial charge < -0.3 is 33.8 Å². The van der Waals surface area contributed by atoms with Crippen molar-refractivity contribution in [3.05, 3.63) is 24.3 Å². The van der Waals surface area contributed by atoms with Crippen LogP contribution in [-0.4, -0.2) is 96.7 Å². The number of aliphatic hydroxyl groups is 1. The molecule has 103 heavy (non-hydrogen) atoms. The zero-order valence-electron chi connectivity index (χ0n) is 66.9. The van der Waals surface area contributed by atoms with Gasteiger partial charge in [0.05, 0.1) is 26.4 Å². The molecule has 0 rings (SSSR count). The number of phosphoric ester groups is 2. The first-order valence-corrected chi connectivity index (χ1v) is 45.9. The van der Waals surface area contributed by atoms with Gasteiger partial charge in [-0.3, -0.25) is 37.3 Å². The van der Waals surface area contributed by atoms with E-state index in [2.05, 4.69) is 58.9 Å². The van der Waals surface area contributed by atoms with Crippen molar-refractivity contribution in [1.29, 1.82) is 0 Å². The third-order valence-electron chi connectivity index (χ3n) is 19.2. The lowest BCUT2D eigenvalue weighted by atomic mass is 10.0. The van der Waals surface area contributed by atoms with E-state index >= 15 is 0 Å². The van der Waals surface area contributed by atoms with E-state index in [0.29, 0.717) is 25.7 Å². The van der Waals surface area contributed by atoms with Crippen LogP contribution in [0.2, 0.25) is 0 Å². The van der Waals surface area contributed by atoms with E-state index in [1.165, 1.54) is 231 Å². The molecule has 0 aromatic rings. The second kappa shape index (κ2) is 76.3. The van der Waals surface area contributed by atoms with Crippen LogP contribution in [0.1, 0.15) is 426 Å². The van der Waals surface area contributed by atoms with Gasteiger partial charge >= 0.3 is 39.5 Å². The molecule has 608 valence electrons. The van der Waals surface area contributed by atoms with Crippen molar-refractivity contribution >= 4 is 39.5 Å². The Morgan fingerprint density at radius 3 is 0.796 bits per heavy atom. The van der Waals surface area contributed by atoms with Crippen molar-refractivity contribution in [3.8, 4) is 0 Å². The molecular weight excluding hydrogens is 1340 g/mol. The van der Waals surface area contributed by atoms with Gasteiger partial charge in [-0.1, -0.05) is 374 Å². The Morgan fingerprint density at radius 2 is 0.524 bits per heavy atom. The molecule has 2 unspecified atom stereocenters. The van der Waals surface area contributed by atoms with Crippen LogP contribution in [-0.2, 0) is 65.4 Å². The van der Waals surface area contributed by atoms with Gasteiger partial charge in [0.15, 0.2) is 12.2 Å². The molecule has 0 spiro atoms. The second-order valence-electron chi connectivity index (χ2n) is 30.0. The van der Waals surface area contributed by atoms with Crippen LogP contribution in [0.25, 0.3) is 0 Å². The second-order valence-corrected chi connectivity index (χ2v) is 32.9. The number of hydrogen-bond donors (Lipinski definition) is 3. The highest BCUT2D eigenvalue weighted by Gasteiger charge is 2.30. The normalized spacial score (nSPS) is 14.0. The maximum absolute atomic E-state index is 13.1. The van der Waals surface area contributed by atoms with Crippen molar-refractivity contribution in [2.45, 2.75) is 445 Å². The summed E-state index contributed by atoms with van der Waals surface area (Å²) < 4.78 is 68.8. The average molecular weight is 1500 g/mol. The zero-order chi connectivity index (χ0) is 75.5. The highest BCUT2D eigenvalue weighted by Crippen LogP contribution is 2.45. The number of ether oxygens (including phenoxy) is 4. The van der Waals surface area contributed by atoms with Crippen molar-refractivity contribution in [2.24, 2.45) is 5.92 Å². The molecule has 0 aliphatic carbocycles. The smallest absolute Gasteiger partial charge is 0.462 e. The molecule has 5 atom stereocenters. The Bertz CT molecular complexity index is 2060. The topological polar surface area (TPSA) is 237 Å². The Labute approximate surface area is 631 Å². The molecule has 0 aromatic heterocycles. The van der Waals surface area contributed by atoms with Gasteiger partial charge in [-0.25, -0.2) is 9.13 Å². The van der Waals surface area contributed by atoms with E-state index in [4.69, 9.17) is 37.0 Å². The standard InChI is InChI=1S/C84H160O17P2/c1-6-9-12-15-18-21-24-27-29-30-31-32-33-35-38-44-49-54-59-64-69-83(88)100-79(74-95-82(87)68-63-58-53-48-43-37-34-28-25-22-19-16-13-10-7-2)75-98-102(90,91)96-71-78(85)72-97-103(92,93)99-76-80(73-94-81(86)67-62-57-52-47-42-36-26-23-20-17-14-11-8-3)101-84(89)70-65-60-55-50-45-40-39-41-46-51-56-61-66-77(4)5/h22,25,28,34,77-80,85H,6-21,23-24,26-27,29-33,35-76H2,1-5H3,(H,90,91)(H,92,93)/b25-22-,34-28-/t78-,79-,80-/m1/s1. The number of allylic oxidation sites excluding steroid dienone is 4. The molecule has 0 saturated heterocycles. The summed E-state index contributed by atoms with van der Waals surface area (Å²) in [5.41, 5.74) is 0. The summed E-state index contributed by atoms with van der Waals surface area (Å²) >= 11 is 0. The van der Waals surface area contributed by atoms with E-state index in [0.717, 1.165) is 115 Å². The lowest BCUT2D eigenvalue weighted by molar-refractivity contribution is -0.161. The molecule has 3 N–H and O–H groups in total. The fourth-order valence-electron chi connectivity index (χ4n) is 12.6. The van der Waals surface area contributed by atoms with Gasteiger partial charge in [0.1, 0.15) is 19.3 Å². The maximum atomic E-state index is 13.1. The monoisotopic (exact) mass is 1500 g/mol. The van der Waals surface area contributed by atoms with Gasteiger partial charge in [0.2, 0.25) is 0 Å². The Morgan fingerprint density at radius 1 is 0.301 bits per heavy atom. The van der Waals surface area contributed by atoms with Crippen LogP contribution >= 0.6 is 15.6 Å². The van der Waals surface area contributed by atoms with Crippen LogP contribution in [0.3, 0.4) is 0 Å². The van der Waals surface area contributed by atoms with Gasteiger partial charge in [-0.2, -0.15) is 0 Å². The van der Waals surface area contributed by atoms with Crippen molar-refractivity contribution in [1.82, 2.24) is 0 Å². The highest BCUT2D eigenvalue weighted by atomic mass is 31.2. The molecule has 0 aromatic carbocycles. The summed E-state index contributed by atoms with van der Waals surface area (Å²) in [5.74, 6) is -1.36. The summed E-state index contributed by atoms with van der Waals surface area (Å²) in [7, 11) is -9.94. The molecule has 17 nitrogen and oxygen atoms in total. The molecule has 0 bridgehead atoms. The molecule has 0 saturated carbocycles. The Balaban J connectivity index is 5.29. The summed E-state index contributed by atoms with van der Waals surface area (Å²) in [4.78, 5) is 73.1. The maximum Gasteiger partial charge on any atom is 0.472 e. The van der Waals surface area contributed by atoms with Crippen LogP contribution in [0.5, 0.6) is 0 Å². The number of hydrogen-bond acceptors (Lipinski definition) is 15. The number of carbonyl (C=O) groups excluding carboxylic acids is 4. The molecule has 0 fully saturated rings. The first kappa shape index (κ1) is 101. The van der Waals surface area contributed by atoms with Gasteiger partial charge in [0.25, 0.3) is 0 Å². The van der Waals surface area contributed by atoms with E-state index in [9.17, 15) is 43.2 Å². The predicted octanol–water partition coefficient (Wildman–Crippen LogP) is 25.1. The van der Waals surface area contributed by atoms with E-state index in [1.807, 2.05) is 0 Å². The minimum Gasteiger partial charge on any atom is -0.462 e. The predicted molar refractivity (Wildman–Crippen MR) is 423 cm³/mol. The minimum atomic E-state index is -4.97. The third-order valence-corrected chi connectivity index (χ3v) is 21.1. The highest BCUT2D eigenvalue weighted by molar-refractivity contribution is 7.47. The summed E-state index contributed by atoms with van der Waals surface area (Å²) in [6, 6.07) is 0. The SMILES string of the molecule is CCCCCC/C=C\C=C/CCCCCCCC(=O)OC[C@H](COP(=O)(O)OC[C@@H](O)COP(=O)(O)OC[C@@H](COC(=O)CCCCCCCCCCCCCCC)OC(=O)CCCCCCCCCCCCCCC(C)C)OC(=O)CCCCCCCCCCCCCCCCCCCCCC. The Kier molecular flexibility index (Phi) is 74.5. The fourth-order valence-corrected chi connectivity index (χ4v) is 14.2. The largest absolute Gasteiger partial charge is 0.472 e. The number of phosphoric acid groups is 2. The number of carbonyl (C=O) groups is 4. The van der Waals surface area contributed by atoms with Gasteiger partial charge in [-0.05, 0) is 57.3 Å². The van der Waals surface area contributed by atoms with Crippen molar-refractivity contribution in [3.63, 3.8) is 0 Å². The van der Waals surface area contributed by atoms with Crippen LogP contribution in [0.4, 0.5) is 0 Å². The van der Waals surface area contributed by atoms with Gasteiger partial charge in [-0.15, -0.1) is 0 Å².